The van der Waals surface area contributed by atoms with Crippen LogP contribution in [0, 0.1) is 17.8 Å². The quantitative estimate of drug-likeness (QED) is 0.0343. The van der Waals surface area contributed by atoms with E-state index in [4.69, 9.17) is 14.2 Å². The molecule has 0 fully saturated rings. The Bertz CT molecular complexity index is 1090. The highest BCUT2D eigenvalue weighted by atomic mass is 16.6. The molecule has 0 aliphatic heterocycles. The van der Waals surface area contributed by atoms with Gasteiger partial charge in [0.25, 0.3) is 0 Å². The Morgan fingerprint density at radius 3 is 0.743 bits per heavy atom. The number of carbonyl (C=O) groups is 3. The van der Waals surface area contributed by atoms with Gasteiger partial charge in [-0.1, -0.05) is 318 Å². The molecule has 6 nitrogen and oxygen atoms in total. The normalized spacial score (nSPS) is 12.5. The zero-order valence-corrected chi connectivity index (χ0v) is 48.3. The van der Waals surface area contributed by atoms with Gasteiger partial charge in [0.1, 0.15) is 13.2 Å². The molecule has 0 N–H and O–H groups in total. The van der Waals surface area contributed by atoms with Crippen LogP contribution in [0.3, 0.4) is 0 Å². The van der Waals surface area contributed by atoms with Crippen molar-refractivity contribution in [1.29, 1.82) is 0 Å². The summed E-state index contributed by atoms with van der Waals surface area (Å²) in [5.74, 6) is 1.75. The van der Waals surface area contributed by atoms with Crippen molar-refractivity contribution in [2.45, 2.75) is 362 Å². The molecule has 1 unspecified atom stereocenters. The molecular weight excluding hydrogens is 865 g/mol. The molecule has 0 saturated carbocycles. The summed E-state index contributed by atoms with van der Waals surface area (Å²) in [5, 5.41) is 0. The summed E-state index contributed by atoms with van der Waals surface area (Å²) in [7, 11) is 0. The fourth-order valence-electron chi connectivity index (χ4n) is 9.85. The van der Waals surface area contributed by atoms with Gasteiger partial charge in [-0.15, -0.1) is 0 Å². The van der Waals surface area contributed by atoms with Gasteiger partial charge < -0.3 is 14.2 Å². The van der Waals surface area contributed by atoms with Crippen LogP contribution in [-0.4, -0.2) is 37.2 Å². The zero-order valence-electron chi connectivity index (χ0n) is 48.3. The maximum Gasteiger partial charge on any atom is 0.306 e. The lowest BCUT2D eigenvalue weighted by molar-refractivity contribution is -0.167. The minimum Gasteiger partial charge on any atom is -0.462 e. The van der Waals surface area contributed by atoms with Crippen LogP contribution in [0.1, 0.15) is 356 Å². The summed E-state index contributed by atoms with van der Waals surface area (Å²) in [6.45, 7) is 13.8. The average Bonchev–Trinajstić information content (AvgIpc) is 3.33. The first-order valence-electron chi connectivity index (χ1n) is 31.6. The predicted octanol–water partition coefficient (Wildman–Crippen LogP) is 21.1. The van der Waals surface area contributed by atoms with Crippen molar-refractivity contribution in [3.05, 3.63) is 0 Å². The van der Waals surface area contributed by atoms with Crippen molar-refractivity contribution in [3.63, 3.8) is 0 Å². The van der Waals surface area contributed by atoms with Gasteiger partial charge in [0.2, 0.25) is 0 Å². The minimum absolute atomic E-state index is 0.0627. The van der Waals surface area contributed by atoms with Crippen LogP contribution < -0.4 is 0 Å². The molecule has 0 aromatic heterocycles. The van der Waals surface area contributed by atoms with Gasteiger partial charge in [0.15, 0.2) is 6.10 Å². The summed E-state index contributed by atoms with van der Waals surface area (Å²) in [6.07, 6.45) is 59.5. The molecule has 0 aromatic carbocycles. The van der Waals surface area contributed by atoms with Crippen molar-refractivity contribution >= 4 is 17.9 Å². The zero-order chi connectivity index (χ0) is 51.2. The molecule has 2 atom stereocenters. The third kappa shape index (κ3) is 55.7. The lowest BCUT2D eigenvalue weighted by atomic mass is 9.99. The third-order valence-electron chi connectivity index (χ3n) is 15.0. The van der Waals surface area contributed by atoms with Gasteiger partial charge in [-0.25, -0.2) is 0 Å². The SMILES string of the molecule is CCC(C)CCCCCCCCCCCCCCCCC(=O)OC[C@@H](COC(=O)CCCCCCCCCCCCCCCCC(C)C)OC(=O)CCCCCCCCCCCCCCCCC(C)C. The minimum atomic E-state index is -0.764. The molecule has 6 heteroatoms. The van der Waals surface area contributed by atoms with E-state index >= 15 is 0 Å². The molecule has 0 saturated heterocycles. The van der Waals surface area contributed by atoms with E-state index < -0.39 is 6.10 Å². The first-order chi connectivity index (χ1) is 34.1. The van der Waals surface area contributed by atoms with Crippen molar-refractivity contribution < 1.29 is 28.6 Å². The number of esters is 3. The maximum atomic E-state index is 12.9. The van der Waals surface area contributed by atoms with E-state index in [1.807, 2.05) is 0 Å². The molecule has 70 heavy (non-hydrogen) atoms. The second-order valence-corrected chi connectivity index (χ2v) is 23.2. The topological polar surface area (TPSA) is 78.9 Å². The van der Waals surface area contributed by atoms with Crippen LogP contribution >= 0.6 is 0 Å². The molecule has 0 amide bonds. The Morgan fingerprint density at radius 1 is 0.286 bits per heavy atom. The van der Waals surface area contributed by atoms with Crippen LogP contribution in [0.15, 0.2) is 0 Å². The van der Waals surface area contributed by atoms with E-state index in [2.05, 4.69) is 41.5 Å². The van der Waals surface area contributed by atoms with Crippen molar-refractivity contribution in [2.24, 2.45) is 17.8 Å². The van der Waals surface area contributed by atoms with Crippen LogP contribution in [0.5, 0.6) is 0 Å². The van der Waals surface area contributed by atoms with E-state index in [0.29, 0.717) is 19.3 Å². The largest absolute Gasteiger partial charge is 0.462 e. The number of hydrogen-bond donors (Lipinski definition) is 0. The Kier molecular flexibility index (Phi) is 53.9. The van der Waals surface area contributed by atoms with E-state index in [1.165, 1.54) is 238 Å². The molecule has 0 aliphatic rings. The average molecular weight is 990 g/mol. The van der Waals surface area contributed by atoms with Gasteiger partial charge in [-0.2, -0.15) is 0 Å². The van der Waals surface area contributed by atoms with E-state index in [-0.39, 0.29) is 31.1 Å². The van der Waals surface area contributed by atoms with Crippen LogP contribution in [0.4, 0.5) is 0 Å². The number of ether oxygens (including phenoxy) is 3. The highest BCUT2D eigenvalue weighted by Gasteiger charge is 2.19. The smallest absolute Gasteiger partial charge is 0.306 e. The Balaban J connectivity index is 4.30. The monoisotopic (exact) mass is 989 g/mol. The fraction of sp³-hybridized carbons (Fsp3) is 0.953. The summed E-state index contributed by atoms with van der Waals surface area (Å²) in [5.41, 5.74) is 0. The van der Waals surface area contributed by atoms with Gasteiger partial charge in [-0.3, -0.25) is 14.4 Å². The molecule has 0 aromatic rings. The first kappa shape index (κ1) is 68.4. The van der Waals surface area contributed by atoms with E-state index in [9.17, 15) is 14.4 Å². The molecule has 416 valence electrons. The van der Waals surface area contributed by atoms with Gasteiger partial charge >= 0.3 is 17.9 Å². The molecule has 0 rings (SSSR count). The molecule has 0 radical (unpaired) electrons. The van der Waals surface area contributed by atoms with Crippen molar-refractivity contribution in [3.8, 4) is 0 Å². The molecule has 0 aliphatic carbocycles. The lowest BCUT2D eigenvalue weighted by Gasteiger charge is -2.18. The third-order valence-corrected chi connectivity index (χ3v) is 15.0. The maximum absolute atomic E-state index is 12.9. The summed E-state index contributed by atoms with van der Waals surface area (Å²) in [6, 6.07) is 0. The van der Waals surface area contributed by atoms with Gasteiger partial charge in [0.05, 0.1) is 0 Å². The Labute approximate surface area is 438 Å². The number of rotatable bonds is 57. The van der Waals surface area contributed by atoms with E-state index in [1.54, 1.807) is 0 Å². The van der Waals surface area contributed by atoms with Crippen LogP contribution in [0.2, 0.25) is 0 Å². The van der Waals surface area contributed by atoms with Crippen LogP contribution in [0.25, 0.3) is 0 Å². The highest BCUT2D eigenvalue weighted by Crippen LogP contribution is 2.19. The summed E-state index contributed by atoms with van der Waals surface area (Å²) < 4.78 is 17.0. The van der Waals surface area contributed by atoms with Gasteiger partial charge in [-0.05, 0) is 37.0 Å². The van der Waals surface area contributed by atoms with Crippen molar-refractivity contribution in [1.82, 2.24) is 0 Å². The second-order valence-electron chi connectivity index (χ2n) is 23.2. The molecule has 0 heterocycles. The second kappa shape index (κ2) is 55.2. The van der Waals surface area contributed by atoms with Gasteiger partial charge in [0, 0.05) is 19.3 Å². The molecule has 0 bridgehead atoms. The number of hydrogen-bond acceptors (Lipinski definition) is 6. The van der Waals surface area contributed by atoms with Crippen LogP contribution in [-0.2, 0) is 28.6 Å². The molecule has 0 spiro atoms. The lowest BCUT2D eigenvalue weighted by Crippen LogP contribution is -2.30. The highest BCUT2D eigenvalue weighted by molar-refractivity contribution is 5.71. The number of carbonyl (C=O) groups excluding carboxylic acids is 3. The Hall–Kier alpha value is -1.59. The Morgan fingerprint density at radius 2 is 0.500 bits per heavy atom. The molecular formula is C64H124O6. The van der Waals surface area contributed by atoms with E-state index in [0.717, 1.165) is 75.5 Å². The first-order valence-corrected chi connectivity index (χ1v) is 31.6. The van der Waals surface area contributed by atoms with Crippen molar-refractivity contribution in [2.75, 3.05) is 13.2 Å². The summed E-state index contributed by atoms with van der Waals surface area (Å²) in [4.78, 5) is 38.3. The fourth-order valence-corrected chi connectivity index (χ4v) is 9.85. The predicted molar refractivity (Wildman–Crippen MR) is 303 cm³/mol. The summed E-state index contributed by atoms with van der Waals surface area (Å²) >= 11 is 0. The standard InChI is InChI=1S/C64H124O6/c1-7-60(6)52-46-40-34-28-22-16-10-13-18-24-30-36-42-48-54-63(66)69-57-61(70-64(67)55-49-43-37-31-25-19-12-9-15-21-27-33-39-45-51-59(4)5)56-68-62(65)53-47-41-35-29-23-17-11-8-14-20-26-32-38-44-50-58(2)3/h58-61H,7-57H2,1-6H3/t60?,61-/m1/s1. The number of unbranched alkanes of at least 4 members (excludes halogenated alkanes) is 39.